The molecule has 2 rings (SSSR count). The van der Waals surface area contributed by atoms with E-state index >= 15 is 0 Å². The zero-order valence-corrected chi connectivity index (χ0v) is 12.1. The van der Waals surface area contributed by atoms with Gasteiger partial charge >= 0.3 is 0 Å². The Bertz CT molecular complexity index is 417. The highest BCUT2D eigenvalue weighted by Gasteiger charge is 2.18. The van der Waals surface area contributed by atoms with Gasteiger partial charge in [-0.1, -0.05) is 13.8 Å². The Morgan fingerprint density at radius 2 is 2.22 bits per heavy atom. The summed E-state index contributed by atoms with van der Waals surface area (Å²) in [6.45, 7) is 7.04. The van der Waals surface area contributed by atoms with Crippen molar-refractivity contribution in [2.24, 2.45) is 0 Å². The van der Waals surface area contributed by atoms with Crippen LogP contribution in [0.2, 0.25) is 0 Å². The third-order valence-corrected chi connectivity index (χ3v) is 4.31. The zero-order chi connectivity index (χ0) is 13.1. The zero-order valence-electron chi connectivity index (χ0n) is 11.3. The van der Waals surface area contributed by atoms with Gasteiger partial charge < -0.3 is 10.5 Å². The van der Waals surface area contributed by atoms with E-state index in [2.05, 4.69) is 23.8 Å². The molecule has 0 radical (unpaired) electrons. The van der Waals surface area contributed by atoms with E-state index in [-0.39, 0.29) is 0 Å². The van der Waals surface area contributed by atoms with Crippen molar-refractivity contribution < 1.29 is 4.74 Å². The molecule has 0 aliphatic carbocycles. The lowest BCUT2D eigenvalue weighted by Gasteiger charge is -2.13. The fourth-order valence-electron chi connectivity index (χ4n) is 1.88. The highest BCUT2D eigenvalue weighted by Crippen LogP contribution is 2.28. The molecule has 1 aromatic heterocycles. The maximum atomic E-state index is 5.95. The molecular formula is C13H21N3OS. The molecule has 0 aromatic carbocycles. The lowest BCUT2D eigenvalue weighted by Crippen LogP contribution is -2.10. The topological polar surface area (TPSA) is 61.0 Å². The number of nitrogens with zero attached hydrogens (tertiary/aromatic N) is 2. The smallest absolute Gasteiger partial charge is 0.134 e. The molecule has 5 heteroatoms. The third kappa shape index (κ3) is 3.14. The average molecular weight is 267 g/mol. The number of nitrogens with two attached hydrogens (primary N) is 1. The van der Waals surface area contributed by atoms with E-state index in [1.54, 1.807) is 11.8 Å². The molecule has 2 N–H and O–H groups in total. The van der Waals surface area contributed by atoms with Gasteiger partial charge in [0, 0.05) is 23.8 Å². The van der Waals surface area contributed by atoms with E-state index in [0.29, 0.717) is 17.8 Å². The van der Waals surface area contributed by atoms with E-state index in [1.807, 2.05) is 6.92 Å². The van der Waals surface area contributed by atoms with E-state index in [1.165, 1.54) is 6.42 Å². The SMILES string of the molecule is Cc1c(N)nc(C(C)C)nc1SCC1CCCO1. The average Bonchev–Trinajstić information content (AvgIpc) is 2.83. The second-order valence-electron chi connectivity index (χ2n) is 5.00. The minimum Gasteiger partial charge on any atom is -0.383 e. The van der Waals surface area contributed by atoms with E-state index in [4.69, 9.17) is 10.5 Å². The number of hydrogen-bond acceptors (Lipinski definition) is 5. The lowest BCUT2D eigenvalue weighted by atomic mass is 10.2. The molecule has 0 amide bonds. The Morgan fingerprint density at radius 3 is 2.83 bits per heavy atom. The molecular weight excluding hydrogens is 246 g/mol. The largest absolute Gasteiger partial charge is 0.383 e. The molecule has 1 unspecified atom stereocenters. The van der Waals surface area contributed by atoms with Gasteiger partial charge in [0.05, 0.1) is 6.10 Å². The van der Waals surface area contributed by atoms with Gasteiger partial charge in [-0.15, -0.1) is 11.8 Å². The van der Waals surface area contributed by atoms with Crippen LogP contribution >= 0.6 is 11.8 Å². The second kappa shape index (κ2) is 5.89. The van der Waals surface area contributed by atoms with Crippen molar-refractivity contribution in [2.75, 3.05) is 18.1 Å². The maximum absolute atomic E-state index is 5.95. The Labute approximate surface area is 113 Å². The van der Waals surface area contributed by atoms with Gasteiger partial charge in [-0.05, 0) is 19.8 Å². The molecule has 1 fully saturated rings. The van der Waals surface area contributed by atoms with Crippen molar-refractivity contribution in [3.63, 3.8) is 0 Å². The molecule has 1 saturated heterocycles. The summed E-state index contributed by atoms with van der Waals surface area (Å²) in [7, 11) is 0. The Balaban J connectivity index is 2.10. The summed E-state index contributed by atoms with van der Waals surface area (Å²) in [4.78, 5) is 8.94. The monoisotopic (exact) mass is 267 g/mol. The van der Waals surface area contributed by atoms with Crippen LogP contribution in [0, 0.1) is 6.92 Å². The van der Waals surface area contributed by atoms with Gasteiger partial charge in [0.15, 0.2) is 0 Å². The number of aromatic nitrogens is 2. The van der Waals surface area contributed by atoms with Crippen LogP contribution in [0.15, 0.2) is 5.03 Å². The molecule has 2 heterocycles. The quantitative estimate of drug-likeness (QED) is 0.671. The van der Waals surface area contributed by atoms with E-state index in [0.717, 1.165) is 35.2 Å². The van der Waals surface area contributed by atoms with Crippen LogP contribution in [0.4, 0.5) is 5.82 Å². The van der Waals surface area contributed by atoms with Crippen LogP contribution < -0.4 is 5.73 Å². The molecule has 0 spiro atoms. The van der Waals surface area contributed by atoms with E-state index in [9.17, 15) is 0 Å². The lowest BCUT2D eigenvalue weighted by molar-refractivity contribution is 0.129. The van der Waals surface area contributed by atoms with Crippen LogP contribution in [0.5, 0.6) is 0 Å². The first-order valence-electron chi connectivity index (χ1n) is 6.46. The van der Waals surface area contributed by atoms with Gasteiger partial charge in [0.25, 0.3) is 0 Å². The molecule has 0 saturated carbocycles. The molecule has 0 bridgehead atoms. The predicted molar refractivity (Wildman–Crippen MR) is 75.0 cm³/mol. The number of nitrogen functional groups attached to an aromatic ring is 1. The normalized spacial score (nSPS) is 19.7. The van der Waals surface area contributed by atoms with Gasteiger partial charge in [-0.2, -0.15) is 0 Å². The van der Waals surface area contributed by atoms with E-state index < -0.39 is 0 Å². The molecule has 4 nitrogen and oxygen atoms in total. The minimum absolute atomic E-state index is 0.301. The van der Waals surface area contributed by atoms with Crippen molar-refractivity contribution in [2.45, 2.75) is 50.7 Å². The summed E-state index contributed by atoms with van der Waals surface area (Å²) < 4.78 is 5.63. The number of ether oxygens (including phenoxy) is 1. The number of anilines is 1. The molecule has 100 valence electrons. The standard InChI is InChI=1S/C13H21N3OS/c1-8(2)12-15-11(14)9(3)13(16-12)18-7-10-5-4-6-17-10/h8,10H,4-7H2,1-3H3,(H2,14,15,16). The third-order valence-electron chi connectivity index (χ3n) is 3.10. The first-order valence-corrected chi connectivity index (χ1v) is 7.45. The summed E-state index contributed by atoms with van der Waals surface area (Å²) in [5.74, 6) is 2.68. The van der Waals surface area contributed by atoms with Crippen LogP contribution in [0.25, 0.3) is 0 Å². The first kappa shape index (κ1) is 13.6. The maximum Gasteiger partial charge on any atom is 0.134 e. The Morgan fingerprint density at radius 1 is 1.44 bits per heavy atom. The predicted octanol–water partition coefficient (Wildman–Crippen LogP) is 2.76. The fourth-order valence-corrected chi connectivity index (χ4v) is 2.96. The summed E-state index contributed by atoms with van der Waals surface area (Å²) in [6, 6.07) is 0. The number of rotatable bonds is 4. The van der Waals surface area contributed by atoms with Gasteiger partial charge in [0.2, 0.25) is 0 Å². The molecule has 18 heavy (non-hydrogen) atoms. The van der Waals surface area contributed by atoms with Crippen molar-refractivity contribution >= 4 is 17.6 Å². The summed E-state index contributed by atoms with van der Waals surface area (Å²) in [6.07, 6.45) is 2.70. The summed E-state index contributed by atoms with van der Waals surface area (Å²) in [5.41, 5.74) is 6.94. The van der Waals surface area contributed by atoms with Crippen LogP contribution in [0.3, 0.4) is 0 Å². The summed E-state index contributed by atoms with van der Waals surface area (Å²) in [5, 5.41) is 1.00. The van der Waals surface area contributed by atoms with Gasteiger partial charge in [0.1, 0.15) is 16.7 Å². The van der Waals surface area contributed by atoms with Gasteiger partial charge in [-0.3, -0.25) is 0 Å². The van der Waals surface area contributed by atoms with Crippen molar-refractivity contribution in [3.8, 4) is 0 Å². The highest BCUT2D eigenvalue weighted by atomic mass is 32.2. The number of thioether (sulfide) groups is 1. The van der Waals surface area contributed by atoms with Gasteiger partial charge in [-0.25, -0.2) is 9.97 Å². The van der Waals surface area contributed by atoms with Crippen LogP contribution in [-0.2, 0) is 4.74 Å². The highest BCUT2D eigenvalue weighted by molar-refractivity contribution is 7.99. The van der Waals surface area contributed by atoms with Crippen LogP contribution in [-0.4, -0.2) is 28.4 Å². The molecule has 1 atom stereocenters. The van der Waals surface area contributed by atoms with Crippen molar-refractivity contribution in [1.29, 1.82) is 0 Å². The fraction of sp³-hybridized carbons (Fsp3) is 0.692. The number of hydrogen-bond donors (Lipinski definition) is 1. The molecule has 1 aliphatic rings. The Hall–Kier alpha value is -0.810. The first-order chi connectivity index (χ1) is 8.58. The van der Waals surface area contributed by atoms with Crippen molar-refractivity contribution in [3.05, 3.63) is 11.4 Å². The second-order valence-corrected chi connectivity index (χ2v) is 6.01. The minimum atomic E-state index is 0.301. The van der Waals surface area contributed by atoms with Crippen molar-refractivity contribution in [1.82, 2.24) is 9.97 Å². The van der Waals surface area contributed by atoms with Crippen LogP contribution in [0.1, 0.15) is 44.0 Å². The Kier molecular flexibility index (Phi) is 4.45. The molecule has 1 aliphatic heterocycles. The molecule has 1 aromatic rings. The summed E-state index contributed by atoms with van der Waals surface area (Å²) >= 11 is 1.73.